The zero-order chi connectivity index (χ0) is 19.4. The van der Waals surface area contributed by atoms with Crippen molar-refractivity contribution < 1.29 is 22.7 Å². The fourth-order valence-electron chi connectivity index (χ4n) is 3.33. The molecule has 2 atom stereocenters. The van der Waals surface area contributed by atoms with Crippen LogP contribution in [-0.4, -0.2) is 30.3 Å². The Bertz CT molecular complexity index is 621. The van der Waals surface area contributed by atoms with E-state index in [1.54, 1.807) is 31.2 Å². The minimum atomic E-state index is -4.47. The second-order valence-corrected chi connectivity index (χ2v) is 6.89. The predicted molar refractivity (Wildman–Crippen MR) is 94.8 cm³/mol. The minimum absolute atomic E-state index is 0.208. The molecule has 1 N–H and O–H groups in total. The van der Waals surface area contributed by atoms with Gasteiger partial charge in [-0.2, -0.15) is 13.2 Å². The van der Waals surface area contributed by atoms with Crippen molar-refractivity contribution in [3.05, 3.63) is 29.8 Å². The number of carbonyl (C=O) groups is 1. The summed E-state index contributed by atoms with van der Waals surface area (Å²) < 4.78 is 43.8. The first-order valence-corrected chi connectivity index (χ1v) is 9.10. The number of ether oxygens (including phenoxy) is 1. The fraction of sp³-hybridized carbons (Fsp3) is 0.632. The van der Waals surface area contributed by atoms with Crippen molar-refractivity contribution in [2.75, 3.05) is 18.5 Å². The van der Waals surface area contributed by atoms with E-state index in [2.05, 4.69) is 12.2 Å². The SMILES string of the molecule is CCCCC(CC)CN1C(=O)Nc2ccccc2C1(C)OCC(F)(F)F. The van der Waals surface area contributed by atoms with Gasteiger partial charge in [-0.25, -0.2) is 4.79 Å². The van der Waals surface area contributed by atoms with Gasteiger partial charge >= 0.3 is 12.2 Å². The van der Waals surface area contributed by atoms with Crippen LogP contribution in [-0.2, 0) is 10.5 Å². The molecule has 1 aliphatic rings. The molecule has 26 heavy (non-hydrogen) atoms. The molecule has 0 radical (unpaired) electrons. The molecule has 1 aliphatic heterocycles. The Morgan fingerprint density at radius 2 is 1.96 bits per heavy atom. The quantitative estimate of drug-likeness (QED) is 0.654. The zero-order valence-corrected chi connectivity index (χ0v) is 15.5. The highest BCUT2D eigenvalue weighted by Gasteiger charge is 2.46. The van der Waals surface area contributed by atoms with E-state index < -0.39 is 24.5 Å². The lowest BCUT2D eigenvalue weighted by atomic mass is 9.93. The maximum Gasteiger partial charge on any atom is 0.411 e. The molecule has 2 unspecified atom stereocenters. The van der Waals surface area contributed by atoms with Crippen LogP contribution in [0.5, 0.6) is 0 Å². The number of hydrogen-bond acceptors (Lipinski definition) is 2. The van der Waals surface area contributed by atoms with Gasteiger partial charge in [0, 0.05) is 12.1 Å². The number of unbranched alkanes of at least 4 members (excludes halogenated alkanes) is 1. The molecule has 0 aliphatic carbocycles. The highest BCUT2D eigenvalue weighted by molar-refractivity contribution is 5.93. The van der Waals surface area contributed by atoms with E-state index in [9.17, 15) is 18.0 Å². The Balaban J connectivity index is 2.35. The van der Waals surface area contributed by atoms with Crippen molar-refractivity contribution in [2.45, 2.75) is 58.4 Å². The van der Waals surface area contributed by atoms with E-state index in [1.165, 1.54) is 4.90 Å². The number of alkyl halides is 3. The van der Waals surface area contributed by atoms with Crippen molar-refractivity contribution in [1.82, 2.24) is 4.90 Å². The van der Waals surface area contributed by atoms with Crippen LogP contribution in [0.1, 0.15) is 52.0 Å². The number of nitrogens with zero attached hydrogens (tertiary/aromatic N) is 1. The summed E-state index contributed by atoms with van der Waals surface area (Å²) in [5.41, 5.74) is -0.442. The number of nitrogens with one attached hydrogen (secondary N) is 1. The molecule has 4 nitrogen and oxygen atoms in total. The Morgan fingerprint density at radius 3 is 2.58 bits per heavy atom. The summed E-state index contributed by atoms with van der Waals surface area (Å²) in [6, 6.07) is 6.41. The maximum atomic E-state index is 12.8. The van der Waals surface area contributed by atoms with Crippen LogP contribution in [0.2, 0.25) is 0 Å². The van der Waals surface area contributed by atoms with E-state index in [1.807, 2.05) is 6.92 Å². The summed E-state index contributed by atoms with van der Waals surface area (Å²) >= 11 is 0. The van der Waals surface area contributed by atoms with Crippen LogP contribution < -0.4 is 5.32 Å². The zero-order valence-electron chi connectivity index (χ0n) is 15.5. The number of amides is 2. The average molecular weight is 372 g/mol. The van der Waals surface area contributed by atoms with Gasteiger partial charge < -0.3 is 10.1 Å². The number of carbonyl (C=O) groups excluding carboxylic acids is 1. The molecular formula is C19H27F3N2O2. The largest absolute Gasteiger partial charge is 0.411 e. The third-order valence-corrected chi connectivity index (χ3v) is 4.93. The maximum absolute atomic E-state index is 12.8. The molecule has 0 spiro atoms. The van der Waals surface area contributed by atoms with Gasteiger partial charge in [0.25, 0.3) is 0 Å². The van der Waals surface area contributed by atoms with E-state index in [0.29, 0.717) is 17.8 Å². The highest BCUT2D eigenvalue weighted by Crippen LogP contribution is 2.40. The van der Waals surface area contributed by atoms with Crippen molar-refractivity contribution in [2.24, 2.45) is 5.92 Å². The smallest absolute Gasteiger partial charge is 0.342 e. The summed E-state index contributed by atoms with van der Waals surface area (Å²) in [7, 11) is 0. The molecule has 0 aromatic heterocycles. The van der Waals surface area contributed by atoms with E-state index in [4.69, 9.17) is 4.74 Å². The van der Waals surface area contributed by atoms with Gasteiger partial charge in [-0.05, 0) is 25.3 Å². The molecule has 1 aromatic carbocycles. The lowest BCUT2D eigenvalue weighted by Crippen LogP contribution is -2.56. The van der Waals surface area contributed by atoms with E-state index in [-0.39, 0.29) is 5.92 Å². The molecule has 7 heteroatoms. The van der Waals surface area contributed by atoms with E-state index in [0.717, 1.165) is 25.7 Å². The first kappa shape index (κ1) is 20.6. The van der Waals surface area contributed by atoms with Gasteiger partial charge in [0.15, 0.2) is 5.72 Å². The normalized spacial score (nSPS) is 21.3. The van der Waals surface area contributed by atoms with Gasteiger partial charge in [-0.3, -0.25) is 4.90 Å². The number of hydrogen-bond donors (Lipinski definition) is 1. The summed E-state index contributed by atoms with van der Waals surface area (Å²) in [5.74, 6) is 0.208. The van der Waals surface area contributed by atoms with E-state index >= 15 is 0 Å². The van der Waals surface area contributed by atoms with Crippen LogP contribution in [0.25, 0.3) is 0 Å². The Labute approximate surface area is 152 Å². The molecule has 146 valence electrons. The second-order valence-electron chi connectivity index (χ2n) is 6.89. The Morgan fingerprint density at radius 1 is 1.27 bits per heavy atom. The monoisotopic (exact) mass is 372 g/mol. The molecule has 2 rings (SSSR count). The number of benzene rings is 1. The molecular weight excluding hydrogens is 345 g/mol. The van der Waals surface area contributed by atoms with Gasteiger partial charge in [0.1, 0.15) is 6.61 Å². The summed E-state index contributed by atoms with van der Waals surface area (Å²) in [4.78, 5) is 14.1. The molecule has 0 bridgehead atoms. The van der Waals surface area contributed by atoms with Crippen LogP contribution in [0, 0.1) is 5.92 Å². The van der Waals surface area contributed by atoms with Crippen LogP contribution >= 0.6 is 0 Å². The predicted octanol–water partition coefficient (Wildman–Crippen LogP) is 5.50. The van der Waals surface area contributed by atoms with Crippen LogP contribution in [0.3, 0.4) is 0 Å². The van der Waals surface area contributed by atoms with Gasteiger partial charge in [0.2, 0.25) is 0 Å². The lowest BCUT2D eigenvalue weighted by Gasteiger charge is -2.46. The third kappa shape index (κ3) is 4.69. The fourth-order valence-corrected chi connectivity index (χ4v) is 3.33. The van der Waals surface area contributed by atoms with Gasteiger partial charge in [-0.1, -0.05) is 51.3 Å². The standard InChI is InChI=1S/C19H27F3N2O2/c1-4-6-9-14(5-2)12-24-17(25)23-16-11-8-7-10-15(16)18(24,3)26-13-19(20,21)22/h7-8,10-11,14H,4-6,9,12-13H2,1-3H3,(H,23,25). The first-order valence-electron chi connectivity index (χ1n) is 9.10. The Kier molecular flexibility index (Phi) is 6.55. The van der Waals surface area contributed by atoms with Crippen molar-refractivity contribution in [3.8, 4) is 0 Å². The van der Waals surface area contributed by atoms with Crippen molar-refractivity contribution in [3.63, 3.8) is 0 Å². The number of fused-ring (bicyclic) bond motifs is 1. The van der Waals surface area contributed by atoms with Crippen LogP contribution in [0.4, 0.5) is 23.7 Å². The van der Waals surface area contributed by atoms with Gasteiger partial charge in [0.05, 0.1) is 5.69 Å². The number of urea groups is 1. The second kappa shape index (κ2) is 8.29. The average Bonchev–Trinajstić information content (AvgIpc) is 2.59. The molecule has 2 amide bonds. The summed E-state index contributed by atoms with van der Waals surface area (Å²) in [6.07, 6.45) is -0.642. The van der Waals surface area contributed by atoms with Gasteiger partial charge in [-0.15, -0.1) is 0 Å². The minimum Gasteiger partial charge on any atom is -0.342 e. The molecule has 1 aromatic rings. The number of rotatable bonds is 8. The first-order chi connectivity index (χ1) is 12.2. The molecule has 0 saturated carbocycles. The summed E-state index contributed by atoms with van der Waals surface area (Å²) in [5, 5.41) is 2.77. The third-order valence-electron chi connectivity index (χ3n) is 4.93. The Hall–Kier alpha value is -1.76. The number of halogens is 3. The highest BCUT2D eigenvalue weighted by atomic mass is 19.4. The molecule has 1 heterocycles. The number of para-hydroxylation sites is 1. The van der Waals surface area contributed by atoms with Crippen molar-refractivity contribution in [1.29, 1.82) is 0 Å². The van der Waals surface area contributed by atoms with Crippen molar-refractivity contribution >= 4 is 11.7 Å². The summed E-state index contributed by atoms with van der Waals surface area (Å²) in [6.45, 7) is 4.61. The lowest BCUT2D eigenvalue weighted by molar-refractivity contribution is -0.232. The topological polar surface area (TPSA) is 41.6 Å². The van der Waals surface area contributed by atoms with Crippen LogP contribution in [0.15, 0.2) is 24.3 Å². The number of anilines is 1. The molecule has 0 fully saturated rings. The molecule has 0 saturated heterocycles.